The lowest BCUT2D eigenvalue weighted by Gasteiger charge is -2.06. The Morgan fingerprint density at radius 2 is 1.14 bits per heavy atom. The number of fused-ring (bicyclic) bond motifs is 2. The summed E-state index contributed by atoms with van der Waals surface area (Å²) in [5, 5.41) is 2.00. The summed E-state index contributed by atoms with van der Waals surface area (Å²) in [4.78, 5) is 30.9. The van der Waals surface area contributed by atoms with Gasteiger partial charge in [0.2, 0.25) is 0 Å². The second-order valence-corrected chi connectivity index (χ2v) is 6.94. The summed E-state index contributed by atoms with van der Waals surface area (Å²) in [5.41, 5.74) is 5.60. The number of carbonyl (C=O) groups excluding carboxylic acids is 2. The summed E-state index contributed by atoms with van der Waals surface area (Å²) in [7, 11) is 2.78. The number of nitrogens with one attached hydrogen (secondary N) is 2. The van der Waals surface area contributed by atoms with E-state index >= 15 is 0 Å². The minimum Gasteiger partial charge on any atom is -0.469 e. The number of hydrogen-bond donors (Lipinski definition) is 2. The van der Waals surface area contributed by atoms with Gasteiger partial charge in [-0.3, -0.25) is 9.59 Å². The molecule has 0 aliphatic rings. The maximum Gasteiger partial charge on any atom is 0.310 e. The summed E-state index contributed by atoms with van der Waals surface area (Å²) >= 11 is 0. The van der Waals surface area contributed by atoms with Crippen LogP contribution in [0.5, 0.6) is 0 Å². The van der Waals surface area contributed by atoms with Crippen molar-refractivity contribution in [1.82, 2.24) is 9.97 Å². The number of para-hydroxylation sites is 2. The van der Waals surface area contributed by atoms with Crippen molar-refractivity contribution < 1.29 is 19.1 Å². The van der Waals surface area contributed by atoms with E-state index in [9.17, 15) is 9.59 Å². The van der Waals surface area contributed by atoms with Crippen molar-refractivity contribution in [3.8, 4) is 0 Å². The van der Waals surface area contributed by atoms with Gasteiger partial charge < -0.3 is 19.4 Å². The summed E-state index contributed by atoms with van der Waals surface area (Å²) in [6.45, 7) is 0. The van der Waals surface area contributed by atoms with Gasteiger partial charge in [-0.2, -0.15) is 0 Å². The Morgan fingerprint density at radius 3 is 1.55 bits per heavy atom. The molecule has 0 aliphatic heterocycles. The highest BCUT2D eigenvalue weighted by molar-refractivity contribution is 5.90. The fourth-order valence-corrected chi connectivity index (χ4v) is 3.83. The number of H-pyrrole nitrogens is 2. The quantitative estimate of drug-likeness (QED) is 0.492. The number of rotatable bonds is 6. The smallest absolute Gasteiger partial charge is 0.310 e. The number of esters is 2. The minimum absolute atomic E-state index is 0.183. The fraction of sp³-hybridized carbons (Fsp3) is 0.217. The third kappa shape index (κ3) is 3.61. The molecule has 2 N–H and O–H groups in total. The van der Waals surface area contributed by atoms with Crippen molar-refractivity contribution in [2.75, 3.05) is 14.2 Å². The average molecular weight is 390 g/mol. The highest BCUT2D eigenvalue weighted by Gasteiger charge is 2.20. The summed E-state index contributed by atoms with van der Waals surface area (Å²) < 4.78 is 9.79. The Morgan fingerprint density at radius 1 is 0.724 bits per heavy atom. The first kappa shape index (κ1) is 18.8. The first-order valence-corrected chi connectivity index (χ1v) is 9.41. The normalized spacial score (nSPS) is 11.1. The maximum atomic E-state index is 12.0. The van der Waals surface area contributed by atoms with E-state index in [4.69, 9.17) is 9.47 Å². The van der Waals surface area contributed by atoms with Gasteiger partial charge in [0, 0.05) is 39.6 Å². The van der Waals surface area contributed by atoms with Gasteiger partial charge in [-0.25, -0.2) is 0 Å². The molecule has 0 radical (unpaired) electrons. The predicted molar refractivity (Wildman–Crippen MR) is 111 cm³/mol. The van der Waals surface area contributed by atoms with E-state index in [1.807, 2.05) is 48.5 Å². The van der Waals surface area contributed by atoms with E-state index in [0.717, 1.165) is 44.3 Å². The molecule has 0 atom stereocenters. The zero-order chi connectivity index (χ0) is 20.4. The van der Waals surface area contributed by atoms with Gasteiger partial charge in [-0.15, -0.1) is 0 Å². The molecule has 0 spiro atoms. The SMILES string of the molecule is COC(=O)Cc1c(Cc2[nH]c3ccccc3c2CC(=O)OC)[nH]c2ccccc12. The lowest BCUT2D eigenvalue weighted by molar-refractivity contribution is -0.140. The molecule has 0 saturated carbocycles. The number of benzene rings is 2. The van der Waals surface area contributed by atoms with Crippen LogP contribution in [0.25, 0.3) is 21.8 Å². The molecule has 0 fully saturated rings. The fourth-order valence-electron chi connectivity index (χ4n) is 3.83. The third-order valence-corrected chi connectivity index (χ3v) is 5.26. The van der Waals surface area contributed by atoms with Gasteiger partial charge in [0.1, 0.15) is 0 Å². The van der Waals surface area contributed by atoms with Crippen molar-refractivity contribution in [2.45, 2.75) is 19.3 Å². The second kappa shape index (κ2) is 7.83. The molecule has 2 heterocycles. The standard InChI is InChI=1S/C23H22N2O4/c1-28-22(26)11-16-14-7-3-5-9-18(14)24-20(16)13-21-17(12-23(27)29-2)15-8-4-6-10-19(15)25-21/h3-10,24-25H,11-13H2,1-2H3. The molecule has 0 saturated heterocycles. The number of carbonyl (C=O) groups is 2. The third-order valence-electron chi connectivity index (χ3n) is 5.26. The van der Waals surface area contributed by atoms with Crippen molar-refractivity contribution in [1.29, 1.82) is 0 Å². The topological polar surface area (TPSA) is 84.2 Å². The van der Waals surface area contributed by atoms with E-state index < -0.39 is 0 Å². The Bertz CT molecular complexity index is 1110. The molecule has 29 heavy (non-hydrogen) atoms. The Labute approximate surface area is 167 Å². The number of aromatic nitrogens is 2. The van der Waals surface area contributed by atoms with Crippen molar-refractivity contribution in [3.63, 3.8) is 0 Å². The van der Waals surface area contributed by atoms with Crippen LogP contribution < -0.4 is 0 Å². The van der Waals surface area contributed by atoms with Crippen molar-refractivity contribution in [3.05, 3.63) is 71.0 Å². The van der Waals surface area contributed by atoms with E-state index in [-0.39, 0.29) is 24.8 Å². The molecule has 0 amide bonds. The van der Waals surface area contributed by atoms with E-state index in [1.165, 1.54) is 14.2 Å². The monoisotopic (exact) mass is 390 g/mol. The maximum absolute atomic E-state index is 12.0. The number of ether oxygens (including phenoxy) is 2. The summed E-state index contributed by atoms with van der Waals surface area (Å²) in [6.07, 6.45) is 0.896. The molecule has 2 aromatic heterocycles. The van der Waals surface area contributed by atoms with Crippen LogP contribution in [-0.4, -0.2) is 36.1 Å². The highest BCUT2D eigenvalue weighted by Crippen LogP contribution is 2.29. The average Bonchev–Trinajstić information content (AvgIpc) is 3.26. The Hall–Kier alpha value is -3.54. The van der Waals surface area contributed by atoms with Crippen LogP contribution in [0.3, 0.4) is 0 Å². The molecule has 4 rings (SSSR count). The first-order valence-electron chi connectivity index (χ1n) is 9.41. The van der Waals surface area contributed by atoms with Crippen LogP contribution in [0.1, 0.15) is 22.5 Å². The van der Waals surface area contributed by atoms with Gasteiger partial charge in [0.15, 0.2) is 0 Å². The Kier molecular flexibility index (Phi) is 5.08. The lowest BCUT2D eigenvalue weighted by atomic mass is 10.0. The molecule has 6 heteroatoms. The van der Waals surface area contributed by atoms with Gasteiger partial charge in [0.05, 0.1) is 27.1 Å². The zero-order valence-electron chi connectivity index (χ0n) is 16.4. The van der Waals surface area contributed by atoms with Crippen LogP contribution in [-0.2, 0) is 38.3 Å². The van der Waals surface area contributed by atoms with Gasteiger partial charge in [0.25, 0.3) is 0 Å². The predicted octanol–water partition coefficient (Wildman–Crippen LogP) is 3.67. The summed E-state index contributed by atoms with van der Waals surface area (Å²) in [6, 6.07) is 15.8. The van der Waals surface area contributed by atoms with Crippen LogP contribution >= 0.6 is 0 Å². The van der Waals surface area contributed by atoms with Gasteiger partial charge in [-0.1, -0.05) is 36.4 Å². The molecule has 6 nitrogen and oxygen atoms in total. The molecular formula is C23H22N2O4. The van der Waals surface area contributed by atoms with Gasteiger partial charge >= 0.3 is 11.9 Å². The van der Waals surface area contributed by atoms with Crippen LogP contribution in [0.4, 0.5) is 0 Å². The largest absolute Gasteiger partial charge is 0.469 e. The van der Waals surface area contributed by atoms with Crippen LogP contribution in [0.2, 0.25) is 0 Å². The highest BCUT2D eigenvalue weighted by atomic mass is 16.5. The van der Waals surface area contributed by atoms with E-state index in [1.54, 1.807) is 0 Å². The molecular weight excluding hydrogens is 368 g/mol. The zero-order valence-corrected chi connectivity index (χ0v) is 16.4. The number of hydrogen-bond acceptors (Lipinski definition) is 4. The van der Waals surface area contributed by atoms with E-state index in [0.29, 0.717) is 6.42 Å². The summed E-state index contributed by atoms with van der Waals surface area (Å²) in [5.74, 6) is -0.579. The van der Waals surface area contributed by atoms with Crippen LogP contribution in [0.15, 0.2) is 48.5 Å². The Balaban J connectivity index is 1.81. The second-order valence-electron chi connectivity index (χ2n) is 6.94. The van der Waals surface area contributed by atoms with Crippen molar-refractivity contribution in [2.24, 2.45) is 0 Å². The first-order chi connectivity index (χ1) is 14.1. The van der Waals surface area contributed by atoms with Gasteiger partial charge in [-0.05, 0) is 23.3 Å². The van der Waals surface area contributed by atoms with E-state index in [2.05, 4.69) is 9.97 Å². The van der Waals surface area contributed by atoms with Crippen molar-refractivity contribution >= 4 is 33.7 Å². The minimum atomic E-state index is -0.289. The molecule has 148 valence electrons. The number of aromatic amines is 2. The molecule has 0 aliphatic carbocycles. The molecule has 2 aromatic carbocycles. The molecule has 0 bridgehead atoms. The molecule has 0 unspecified atom stereocenters. The molecule has 4 aromatic rings. The van der Waals surface area contributed by atoms with Crippen LogP contribution in [0, 0.1) is 0 Å². The number of methoxy groups -OCH3 is 2. The lowest BCUT2D eigenvalue weighted by Crippen LogP contribution is -2.08.